The number of benzene rings is 1. The van der Waals surface area contributed by atoms with Crippen LogP contribution in [-0.2, 0) is 4.79 Å². The molecule has 116 valence electrons. The summed E-state index contributed by atoms with van der Waals surface area (Å²) in [4.78, 5) is 24.0. The van der Waals surface area contributed by atoms with Crippen molar-refractivity contribution in [2.45, 2.75) is 13.8 Å². The lowest BCUT2D eigenvalue weighted by atomic mass is 10.3. The number of aromatic amines is 1. The van der Waals surface area contributed by atoms with Gasteiger partial charge in [-0.25, -0.2) is 4.68 Å². The molecule has 1 aromatic heterocycles. The number of anilines is 1. The first-order valence-electron chi connectivity index (χ1n) is 6.15. The average Bonchev–Trinajstić information content (AvgIpc) is 2.66. The Hall–Kier alpha value is -1.69. The molecule has 0 saturated carbocycles. The van der Waals surface area contributed by atoms with Crippen LogP contribution in [0.25, 0.3) is 5.69 Å². The molecule has 8 heteroatoms. The summed E-state index contributed by atoms with van der Waals surface area (Å²) in [6.07, 6.45) is 0. The number of carbonyl (C=O) groups is 1. The van der Waals surface area contributed by atoms with Gasteiger partial charge in [0.25, 0.3) is 11.5 Å². The smallest absolute Gasteiger partial charge is 0.276 e. The van der Waals surface area contributed by atoms with E-state index in [1.807, 2.05) is 0 Å². The number of aromatic nitrogens is 2. The predicted molar refractivity (Wildman–Crippen MR) is 89.6 cm³/mol. The SMILES string of the molecule is C=C(C)C(=O)Nc1[nH]n(-c2c(Cl)cc(Cl)cc2Cl)c(=O)c1C. The molecule has 0 aliphatic carbocycles. The van der Waals surface area contributed by atoms with Crippen LogP contribution in [0.1, 0.15) is 12.5 Å². The minimum atomic E-state index is -0.398. The van der Waals surface area contributed by atoms with Crippen molar-refractivity contribution in [1.82, 2.24) is 9.78 Å². The number of nitrogens with one attached hydrogen (secondary N) is 2. The standard InChI is InChI=1S/C14H12Cl3N3O2/c1-6(2)13(21)18-12-7(3)14(22)20(19-12)11-9(16)4-8(15)5-10(11)17/h4-5,19H,1H2,2-3H3,(H,18,21). The van der Waals surface area contributed by atoms with Crippen LogP contribution in [0.5, 0.6) is 0 Å². The molecule has 22 heavy (non-hydrogen) atoms. The molecule has 2 aromatic rings. The van der Waals surface area contributed by atoms with Crippen molar-refractivity contribution in [1.29, 1.82) is 0 Å². The van der Waals surface area contributed by atoms with Crippen molar-refractivity contribution in [3.63, 3.8) is 0 Å². The molecule has 5 nitrogen and oxygen atoms in total. The van der Waals surface area contributed by atoms with Gasteiger partial charge in [0.15, 0.2) is 0 Å². The van der Waals surface area contributed by atoms with Gasteiger partial charge in [0, 0.05) is 10.6 Å². The third kappa shape index (κ3) is 3.06. The lowest BCUT2D eigenvalue weighted by Gasteiger charge is -2.08. The molecule has 1 heterocycles. The number of amides is 1. The number of carbonyl (C=O) groups excluding carboxylic acids is 1. The summed E-state index contributed by atoms with van der Waals surface area (Å²) in [5, 5.41) is 6.10. The molecular formula is C14H12Cl3N3O2. The van der Waals surface area contributed by atoms with Crippen LogP contribution in [0.15, 0.2) is 29.1 Å². The van der Waals surface area contributed by atoms with Gasteiger partial charge < -0.3 is 5.32 Å². The Kier molecular flexibility index (Phi) is 4.70. The molecule has 0 aliphatic heterocycles. The maximum absolute atomic E-state index is 12.3. The molecule has 0 fully saturated rings. The lowest BCUT2D eigenvalue weighted by Crippen LogP contribution is -2.16. The van der Waals surface area contributed by atoms with Crippen LogP contribution in [0.4, 0.5) is 5.82 Å². The van der Waals surface area contributed by atoms with Crippen LogP contribution in [0.2, 0.25) is 15.1 Å². The molecule has 2 rings (SSSR count). The minimum absolute atomic E-state index is 0.207. The second-order valence-corrected chi connectivity index (χ2v) is 5.96. The van der Waals surface area contributed by atoms with E-state index in [1.165, 1.54) is 12.1 Å². The molecule has 0 saturated heterocycles. The van der Waals surface area contributed by atoms with E-state index in [0.717, 1.165) is 4.68 Å². The zero-order valence-electron chi connectivity index (χ0n) is 11.8. The fraction of sp³-hybridized carbons (Fsp3) is 0.143. The van der Waals surface area contributed by atoms with Crippen LogP contribution in [0, 0.1) is 6.92 Å². The van der Waals surface area contributed by atoms with Gasteiger partial charge in [-0.2, -0.15) is 0 Å². The van der Waals surface area contributed by atoms with E-state index in [1.54, 1.807) is 13.8 Å². The Morgan fingerprint density at radius 3 is 2.32 bits per heavy atom. The fourth-order valence-electron chi connectivity index (χ4n) is 1.77. The monoisotopic (exact) mass is 359 g/mol. The zero-order chi connectivity index (χ0) is 16.6. The Morgan fingerprint density at radius 2 is 1.82 bits per heavy atom. The summed E-state index contributed by atoms with van der Waals surface area (Å²) in [7, 11) is 0. The van der Waals surface area contributed by atoms with Crippen LogP contribution in [0.3, 0.4) is 0 Å². The van der Waals surface area contributed by atoms with Gasteiger partial charge in [-0.1, -0.05) is 41.4 Å². The highest BCUT2D eigenvalue weighted by Gasteiger charge is 2.18. The van der Waals surface area contributed by atoms with Crippen LogP contribution < -0.4 is 10.9 Å². The molecule has 1 amide bonds. The highest BCUT2D eigenvalue weighted by atomic mass is 35.5. The minimum Gasteiger partial charge on any atom is -0.307 e. The third-order valence-corrected chi connectivity index (χ3v) is 3.75. The van der Waals surface area contributed by atoms with Crippen molar-refractivity contribution in [3.05, 3.63) is 55.3 Å². The molecule has 1 aromatic carbocycles. The van der Waals surface area contributed by atoms with Gasteiger partial charge >= 0.3 is 0 Å². The second kappa shape index (κ2) is 6.20. The molecular weight excluding hydrogens is 349 g/mol. The molecule has 2 N–H and O–H groups in total. The quantitative estimate of drug-likeness (QED) is 0.814. The highest BCUT2D eigenvalue weighted by Crippen LogP contribution is 2.31. The van der Waals surface area contributed by atoms with Crippen LogP contribution in [-0.4, -0.2) is 15.7 Å². The number of rotatable bonds is 3. The van der Waals surface area contributed by atoms with Crippen molar-refractivity contribution >= 4 is 46.5 Å². The molecule has 0 atom stereocenters. The van der Waals surface area contributed by atoms with Crippen molar-refractivity contribution in [2.75, 3.05) is 5.32 Å². The molecule has 0 bridgehead atoms. The summed E-state index contributed by atoms with van der Waals surface area (Å²) >= 11 is 18.1. The molecule has 0 aliphatic rings. The maximum atomic E-state index is 12.3. The van der Waals surface area contributed by atoms with Crippen molar-refractivity contribution in [3.8, 4) is 5.69 Å². The van der Waals surface area contributed by atoms with E-state index < -0.39 is 5.91 Å². The van der Waals surface area contributed by atoms with E-state index in [4.69, 9.17) is 34.8 Å². The fourth-order valence-corrected chi connectivity index (χ4v) is 2.75. The normalized spacial score (nSPS) is 10.6. The second-order valence-electron chi connectivity index (χ2n) is 4.70. The van der Waals surface area contributed by atoms with Gasteiger partial charge in [-0.3, -0.25) is 14.7 Å². The van der Waals surface area contributed by atoms with Crippen molar-refractivity contribution < 1.29 is 4.79 Å². The van der Waals surface area contributed by atoms with E-state index >= 15 is 0 Å². The number of hydrogen-bond donors (Lipinski definition) is 2. The van der Waals surface area contributed by atoms with Gasteiger partial charge in [-0.15, -0.1) is 0 Å². The first-order valence-corrected chi connectivity index (χ1v) is 7.29. The third-order valence-electron chi connectivity index (χ3n) is 2.95. The summed E-state index contributed by atoms with van der Waals surface area (Å²) in [5.41, 5.74) is 0.507. The van der Waals surface area contributed by atoms with E-state index in [9.17, 15) is 9.59 Å². The van der Waals surface area contributed by atoms with Gasteiger partial charge in [-0.05, 0) is 26.0 Å². The Labute approximate surface area is 141 Å². The zero-order valence-corrected chi connectivity index (χ0v) is 14.0. The van der Waals surface area contributed by atoms with Crippen molar-refractivity contribution in [2.24, 2.45) is 0 Å². The predicted octanol–water partition coefficient (Wildman–Crippen LogP) is 3.95. The molecule has 0 radical (unpaired) electrons. The number of H-pyrrole nitrogens is 1. The number of halogens is 3. The summed E-state index contributed by atoms with van der Waals surface area (Å²) in [6.45, 7) is 6.67. The van der Waals surface area contributed by atoms with Gasteiger partial charge in [0.1, 0.15) is 11.5 Å². The summed E-state index contributed by atoms with van der Waals surface area (Å²) < 4.78 is 1.16. The Balaban J connectivity index is 2.58. The lowest BCUT2D eigenvalue weighted by molar-refractivity contribution is -0.112. The average molecular weight is 361 g/mol. The van der Waals surface area contributed by atoms with E-state index in [0.29, 0.717) is 16.2 Å². The Bertz CT molecular complexity index is 813. The van der Waals surface area contributed by atoms with Gasteiger partial charge in [0.2, 0.25) is 0 Å². The molecule has 0 spiro atoms. The first-order chi connectivity index (χ1) is 10.2. The maximum Gasteiger partial charge on any atom is 0.276 e. The number of nitrogens with zero attached hydrogens (tertiary/aromatic N) is 1. The van der Waals surface area contributed by atoms with E-state index in [2.05, 4.69) is 17.0 Å². The topological polar surface area (TPSA) is 66.9 Å². The molecule has 0 unspecified atom stereocenters. The Morgan fingerprint density at radius 1 is 1.27 bits per heavy atom. The largest absolute Gasteiger partial charge is 0.307 e. The summed E-state index contributed by atoms with van der Waals surface area (Å²) in [5.74, 6) is -0.148. The number of hydrogen-bond acceptors (Lipinski definition) is 2. The van der Waals surface area contributed by atoms with Gasteiger partial charge in [0.05, 0.1) is 15.6 Å². The van der Waals surface area contributed by atoms with E-state index in [-0.39, 0.29) is 27.1 Å². The summed E-state index contributed by atoms with van der Waals surface area (Å²) in [6, 6.07) is 2.94. The van der Waals surface area contributed by atoms with Crippen LogP contribution >= 0.6 is 34.8 Å². The highest BCUT2D eigenvalue weighted by molar-refractivity contribution is 6.40. The first kappa shape index (κ1) is 16.7.